The highest BCUT2D eigenvalue weighted by molar-refractivity contribution is 7.33. The highest BCUT2D eigenvalue weighted by Gasteiger charge is 2.23. The second kappa shape index (κ2) is 6.57. The Morgan fingerprint density at radius 3 is 2.39 bits per heavy atom. The van der Waals surface area contributed by atoms with E-state index in [9.17, 15) is 9.36 Å². The second-order valence-corrected chi connectivity index (χ2v) is 5.60. The average Bonchev–Trinajstić information content (AvgIpc) is 2.28. The van der Waals surface area contributed by atoms with Crippen molar-refractivity contribution in [1.29, 1.82) is 0 Å². The van der Waals surface area contributed by atoms with Crippen LogP contribution in [0.15, 0.2) is 30.3 Å². The van der Waals surface area contributed by atoms with Gasteiger partial charge < -0.3 is 9.26 Å². The number of rotatable bonds is 5. The predicted octanol–water partition coefficient (Wildman–Crippen LogP) is 3.02. The molecule has 0 fully saturated rings. The van der Waals surface area contributed by atoms with Gasteiger partial charge in [-0.05, 0) is 32.9 Å². The van der Waals surface area contributed by atoms with E-state index in [1.165, 1.54) is 0 Å². The smallest absolute Gasteiger partial charge is 0.370 e. The molecule has 1 rings (SSSR count). The quantitative estimate of drug-likeness (QED) is 0.468. The molecule has 0 radical (unpaired) electrons. The standard InChI is InChI=1S/C12H17O5P/c1-12(2,3)11(13)15-9-16-18(14)17-10-7-5-4-6-8-10/h4-8,18H,9H2,1-3H3. The highest BCUT2D eigenvalue weighted by Crippen LogP contribution is 2.27. The molecule has 0 amide bonds. The summed E-state index contributed by atoms with van der Waals surface area (Å²) in [5.74, 6) is 0.0283. The van der Waals surface area contributed by atoms with Crippen molar-refractivity contribution in [3.05, 3.63) is 30.3 Å². The Hall–Kier alpha value is -1.32. The summed E-state index contributed by atoms with van der Waals surface area (Å²) in [6.45, 7) is 4.79. The van der Waals surface area contributed by atoms with Crippen molar-refractivity contribution in [1.82, 2.24) is 0 Å². The van der Waals surface area contributed by atoms with Crippen molar-refractivity contribution in [2.75, 3.05) is 6.79 Å². The molecular formula is C12H17O5P. The number of carbonyl (C=O) groups is 1. The summed E-state index contributed by atoms with van der Waals surface area (Å²) >= 11 is 0. The van der Waals surface area contributed by atoms with Gasteiger partial charge >= 0.3 is 14.2 Å². The fraction of sp³-hybridized carbons (Fsp3) is 0.417. The molecule has 1 aromatic rings. The van der Waals surface area contributed by atoms with Crippen LogP contribution in [0.4, 0.5) is 0 Å². The van der Waals surface area contributed by atoms with Crippen molar-refractivity contribution < 1.29 is 23.1 Å². The average molecular weight is 272 g/mol. The molecule has 6 heteroatoms. The van der Waals surface area contributed by atoms with Crippen LogP contribution in [0, 0.1) is 5.41 Å². The maximum absolute atomic E-state index is 11.4. The van der Waals surface area contributed by atoms with Gasteiger partial charge in [0.1, 0.15) is 5.75 Å². The number of para-hydroxylation sites is 1. The van der Waals surface area contributed by atoms with Crippen LogP contribution in [0.5, 0.6) is 5.75 Å². The first-order chi connectivity index (χ1) is 8.39. The molecule has 0 aliphatic rings. The number of carbonyl (C=O) groups excluding carboxylic acids is 1. The van der Waals surface area contributed by atoms with Crippen molar-refractivity contribution in [3.63, 3.8) is 0 Å². The van der Waals surface area contributed by atoms with Crippen LogP contribution in [0.25, 0.3) is 0 Å². The lowest BCUT2D eigenvalue weighted by molar-refractivity contribution is -0.159. The third kappa shape index (κ3) is 5.34. The lowest BCUT2D eigenvalue weighted by atomic mass is 9.98. The molecule has 0 bridgehead atoms. The zero-order valence-corrected chi connectivity index (χ0v) is 11.6. The van der Waals surface area contributed by atoms with E-state index >= 15 is 0 Å². The zero-order valence-electron chi connectivity index (χ0n) is 10.6. The largest absolute Gasteiger partial charge is 0.438 e. The summed E-state index contributed by atoms with van der Waals surface area (Å²) in [5, 5.41) is 0. The zero-order chi connectivity index (χ0) is 13.6. The third-order valence-electron chi connectivity index (χ3n) is 1.92. The highest BCUT2D eigenvalue weighted by atomic mass is 31.1. The van der Waals surface area contributed by atoms with Gasteiger partial charge in [0, 0.05) is 0 Å². The Morgan fingerprint density at radius 1 is 1.22 bits per heavy atom. The summed E-state index contributed by atoms with van der Waals surface area (Å²) < 4.78 is 26.0. The van der Waals surface area contributed by atoms with E-state index in [0.717, 1.165) is 0 Å². The molecule has 1 aromatic carbocycles. The lowest BCUT2D eigenvalue weighted by Gasteiger charge is -2.16. The Bertz CT molecular complexity index is 410. The Morgan fingerprint density at radius 2 is 1.83 bits per heavy atom. The first-order valence-corrected chi connectivity index (χ1v) is 6.69. The van der Waals surface area contributed by atoms with Gasteiger partial charge in [-0.25, -0.2) is 4.57 Å². The molecule has 0 aromatic heterocycles. The molecular weight excluding hydrogens is 255 g/mol. The first-order valence-electron chi connectivity index (χ1n) is 5.46. The number of hydrogen-bond acceptors (Lipinski definition) is 5. The van der Waals surface area contributed by atoms with Crippen LogP contribution in [-0.2, 0) is 18.6 Å². The minimum atomic E-state index is -2.71. The minimum absolute atomic E-state index is 0.374. The fourth-order valence-electron chi connectivity index (χ4n) is 0.962. The summed E-state index contributed by atoms with van der Waals surface area (Å²) in [7, 11) is -2.71. The molecule has 1 atom stereocenters. The second-order valence-electron chi connectivity index (χ2n) is 4.61. The molecule has 0 saturated heterocycles. The maximum Gasteiger partial charge on any atom is 0.370 e. The normalized spacial score (nSPS) is 12.8. The molecule has 18 heavy (non-hydrogen) atoms. The monoisotopic (exact) mass is 272 g/mol. The van der Waals surface area contributed by atoms with E-state index in [2.05, 4.69) is 0 Å². The van der Waals surface area contributed by atoms with Gasteiger partial charge in [-0.15, -0.1) is 0 Å². The molecule has 0 aliphatic heterocycles. The van der Waals surface area contributed by atoms with E-state index in [4.69, 9.17) is 13.8 Å². The molecule has 5 nitrogen and oxygen atoms in total. The number of hydrogen-bond donors (Lipinski definition) is 0. The van der Waals surface area contributed by atoms with Gasteiger partial charge in [0.05, 0.1) is 5.41 Å². The van der Waals surface area contributed by atoms with Crippen LogP contribution >= 0.6 is 8.25 Å². The molecule has 1 unspecified atom stereocenters. The van der Waals surface area contributed by atoms with Crippen LogP contribution in [0.3, 0.4) is 0 Å². The maximum atomic E-state index is 11.4. The molecule has 0 N–H and O–H groups in total. The molecule has 0 aliphatic carbocycles. The molecule has 0 spiro atoms. The van der Waals surface area contributed by atoms with Gasteiger partial charge in [-0.2, -0.15) is 0 Å². The predicted molar refractivity (Wildman–Crippen MR) is 67.6 cm³/mol. The topological polar surface area (TPSA) is 61.8 Å². The Balaban J connectivity index is 2.28. The molecule has 100 valence electrons. The Kier molecular flexibility index (Phi) is 5.38. The summed E-state index contributed by atoms with van der Waals surface area (Å²) in [5.41, 5.74) is -0.612. The summed E-state index contributed by atoms with van der Waals surface area (Å²) in [6.07, 6.45) is 0. The van der Waals surface area contributed by atoms with Gasteiger partial charge in [0.25, 0.3) is 0 Å². The number of benzene rings is 1. The van der Waals surface area contributed by atoms with Crippen LogP contribution in [0.1, 0.15) is 20.8 Å². The SMILES string of the molecule is CC(C)(C)C(=O)OCO[PH](=O)Oc1ccccc1. The van der Waals surface area contributed by atoms with Crippen LogP contribution in [-0.4, -0.2) is 12.8 Å². The minimum Gasteiger partial charge on any atom is -0.438 e. The van der Waals surface area contributed by atoms with E-state index in [-0.39, 0.29) is 6.79 Å². The third-order valence-corrected chi connectivity index (χ3v) is 2.68. The van der Waals surface area contributed by atoms with Gasteiger partial charge in [0.2, 0.25) is 6.79 Å². The first kappa shape index (κ1) is 14.7. The van der Waals surface area contributed by atoms with E-state index in [1.807, 2.05) is 6.07 Å². The van der Waals surface area contributed by atoms with Crippen LogP contribution in [0.2, 0.25) is 0 Å². The van der Waals surface area contributed by atoms with Gasteiger partial charge in [-0.3, -0.25) is 9.32 Å². The number of ether oxygens (including phenoxy) is 1. The fourth-order valence-corrected chi connectivity index (χ4v) is 1.50. The summed E-state index contributed by atoms with van der Waals surface area (Å²) in [6, 6.07) is 8.64. The lowest BCUT2D eigenvalue weighted by Crippen LogP contribution is -2.23. The van der Waals surface area contributed by atoms with E-state index in [0.29, 0.717) is 5.75 Å². The van der Waals surface area contributed by atoms with E-state index in [1.54, 1.807) is 45.0 Å². The van der Waals surface area contributed by atoms with Crippen molar-refractivity contribution in [2.45, 2.75) is 20.8 Å². The molecule has 0 saturated carbocycles. The van der Waals surface area contributed by atoms with Gasteiger partial charge in [0.15, 0.2) is 0 Å². The van der Waals surface area contributed by atoms with Crippen molar-refractivity contribution in [2.24, 2.45) is 5.41 Å². The molecule has 0 heterocycles. The number of esters is 1. The summed E-state index contributed by atoms with van der Waals surface area (Å²) in [4.78, 5) is 11.4. The van der Waals surface area contributed by atoms with Crippen molar-refractivity contribution >= 4 is 14.2 Å². The van der Waals surface area contributed by atoms with Crippen molar-refractivity contribution in [3.8, 4) is 5.75 Å². The van der Waals surface area contributed by atoms with Gasteiger partial charge in [-0.1, -0.05) is 18.2 Å². The van der Waals surface area contributed by atoms with E-state index < -0.39 is 19.6 Å². The van der Waals surface area contributed by atoms with Crippen LogP contribution < -0.4 is 4.52 Å². The Labute approximate surface area is 107 Å².